The van der Waals surface area contributed by atoms with E-state index in [1.165, 1.54) is 13.0 Å². The Kier molecular flexibility index (Phi) is 4.17. The zero-order valence-electron chi connectivity index (χ0n) is 9.64. The summed E-state index contributed by atoms with van der Waals surface area (Å²) in [5.74, 6) is -0.951. The Morgan fingerprint density at radius 3 is 2.76 bits per heavy atom. The van der Waals surface area contributed by atoms with Crippen LogP contribution >= 0.6 is 0 Å². The number of carboxylic acids is 1. The molecule has 1 unspecified atom stereocenters. The minimum absolute atomic E-state index is 0.0484. The lowest BCUT2D eigenvalue weighted by Crippen LogP contribution is -2.33. The van der Waals surface area contributed by atoms with Crippen molar-refractivity contribution in [2.45, 2.75) is 26.4 Å². The first-order chi connectivity index (χ1) is 7.93. The van der Waals surface area contributed by atoms with E-state index in [9.17, 15) is 14.9 Å². The molecule has 17 heavy (non-hydrogen) atoms. The van der Waals surface area contributed by atoms with Gasteiger partial charge in [-0.25, -0.2) is 0 Å². The molecule has 0 aliphatic heterocycles. The van der Waals surface area contributed by atoms with E-state index < -0.39 is 16.9 Å². The maximum Gasteiger partial charge on any atom is 0.320 e. The molecule has 0 heterocycles. The monoisotopic (exact) mass is 238 g/mol. The molecule has 0 fully saturated rings. The fourth-order valence-corrected chi connectivity index (χ4v) is 1.41. The molecule has 0 bridgehead atoms. The Labute approximate surface area is 98.4 Å². The summed E-state index contributed by atoms with van der Waals surface area (Å²) in [6.07, 6.45) is 0. The normalized spacial score (nSPS) is 12.1. The first kappa shape index (κ1) is 13.1. The molecule has 0 amide bonds. The van der Waals surface area contributed by atoms with Gasteiger partial charge in [-0.2, -0.15) is 0 Å². The highest BCUT2D eigenvalue weighted by molar-refractivity contribution is 5.72. The van der Waals surface area contributed by atoms with Gasteiger partial charge in [-0.1, -0.05) is 12.1 Å². The summed E-state index contributed by atoms with van der Waals surface area (Å²) in [7, 11) is 0. The molecule has 6 heteroatoms. The van der Waals surface area contributed by atoms with Gasteiger partial charge >= 0.3 is 5.97 Å². The highest BCUT2D eigenvalue weighted by Crippen LogP contribution is 2.20. The second-order valence-electron chi connectivity index (χ2n) is 3.76. The first-order valence-corrected chi connectivity index (χ1v) is 5.12. The number of nitrogens with zero attached hydrogens (tertiary/aromatic N) is 1. The third-order valence-corrected chi connectivity index (χ3v) is 2.58. The number of aliphatic carboxylic acids is 1. The highest BCUT2D eigenvalue weighted by Gasteiger charge is 2.15. The Balaban J connectivity index is 2.82. The molecule has 1 aromatic carbocycles. The molecule has 1 aromatic rings. The van der Waals surface area contributed by atoms with E-state index in [0.717, 1.165) is 5.56 Å². The average molecular weight is 238 g/mol. The van der Waals surface area contributed by atoms with E-state index in [0.29, 0.717) is 12.1 Å². The summed E-state index contributed by atoms with van der Waals surface area (Å²) < 4.78 is 0. The Hall–Kier alpha value is -1.95. The van der Waals surface area contributed by atoms with Crippen molar-refractivity contribution >= 4 is 11.7 Å². The van der Waals surface area contributed by atoms with E-state index in [4.69, 9.17) is 5.11 Å². The number of rotatable bonds is 5. The molecule has 92 valence electrons. The summed E-state index contributed by atoms with van der Waals surface area (Å²) in [5, 5.41) is 22.2. The minimum Gasteiger partial charge on any atom is -0.480 e. The Bertz CT molecular complexity index is 445. The molecule has 0 aromatic heterocycles. The zero-order valence-corrected chi connectivity index (χ0v) is 9.64. The van der Waals surface area contributed by atoms with Gasteiger partial charge in [0.15, 0.2) is 0 Å². The third kappa shape index (κ3) is 3.25. The quantitative estimate of drug-likeness (QED) is 0.598. The van der Waals surface area contributed by atoms with Gasteiger partial charge in [0.25, 0.3) is 5.69 Å². The summed E-state index contributed by atoms with van der Waals surface area (Å²) in [6.45, 7) is 3.47. The second-order valence-corrected chi connectivity index (χ2v) is 3.76. The molecule has 0 spiro atoms. The van der Waals surface area contributed by atoms with Crippen LogP contribution in [-0.2, 0) is 11.3 Å². The van der Waals surface area contributed by atoms with Crippen molar-refractivity contribution in [3.63, 3.8) is 0 Å². The zero-order chi connectivity index (χ0) is 13.0. The van der Waals surface area contributed by atoms with Crippen molar-refractivity contribution in [2.24, 2.45) is 0 Å². The minimum atomic E-state index is -0.951. The summed E-state index contributed by atoms with van der Waals surface area (Å²) in [4.78, 5) is 20.9. The van der Waals surface area contributed by atoms with Crippen LogP contribution in [0.25, 0.3) is 0 Å². The standard InChI is InChI=1S/C11H14N2O4/c1-7-9(6-12-8(2)11(14)15)4-3-5-10(7)13(16)17/h3-5,8,12H,6H2,1-2H3,(H,14,15). The third-order valence-electron chi connectivity index (χ3n) is 2.58. The van der Waals surface area contributed by atoms with Gasteiger partial charge in [-0.15, -0.1) is 0 Å². The van der Waals surface area contributed by atoms with E-state index in [1.54, 1.807) is 19.1 Å². The molecule has 6 nitrogen and oxygen atoms in total. The molecule has 1 rings (SSSR count). The van der Waals surface area contributed by atoms with Crippen LogP contribution in [0.15, 0.2) is 18.2 Å². The van der Waals surface area contributed by atoms with E-state index >= 15 is 0 Å². The van der Waals surface area contributed by atoms with Crippen molar-refractivity contribution in [3.05, 3.63) is 39.4 Å². The smallest absolute Gasteiger partial charge is 0.320 e. The van der Waals surface area contributed by atoms with Crippen LogP contribution in [0.3, 0.4) is 0 Å². The van der Waals surface area contributed by atoms with Crippen molar-refractivity contribution in [2.75, 3.05) is 0 Å². The number of carbonyl (C=O) groups is 1. The van der Waals surface area contributed by atoms with E-state index in [1.807, 2.05) is 0 Å². The molecule has 1 atom stereocenters. The highest BCUT2D eigenvalue weighted by atomic mass is 16.6. The molecule has 0 saturated heterocycles. The first-order valence-electron chi connectivity index (χ1n) is 5.12. The lowest BCUT2D eigenvalue weighted by Gasteiger charge is -2.10. The van der Waals surface area contributed by atoms with Gasteiger partial charge in [0.05, 0.1) is 4.92 Å². The van der Waals surface area contributed by atoms with Crippen LogP contribution in [0.1, 0.15) is 18.1 Å². The van der Waals surface area contributed by atoms with Gasteiger partial charge in [0.2, 0.25) is 0 Å². The fraction of sp³-hybridized carbons (Fsp3) is 0.364. The number of nitro benzene ring substituents is 1. The molecule has 0 aliphatic carbocycles. The van der Waals surface area contributed by atoms with Gasteiger partial charge < -0.3 is 10.4 Å². The molecule has 0 radical (unpaired) electrons. The Morgan fingerprint density at radius 2 is 2.24 bits per heavy atom. The lowest BCUT2D eigenvalue weighted by atomic mass is 10.1. The number of hydrogen-bond acceptors (Lipinski definition) is 4. The molecular formula is C11H14N2O4. The average Bonchev–Trinajstić information content (AvgIpc) is 2.26. The SMILES string of the molecule is Cc1c(CNC(C)C(=O)O)cccc1[N+](=O)[O-]. The summed E-state index contributed by atoms with van der Waals surface area (Å²) in [6, 6.07) is 4.07. The predicted octanol–water partition coefficient (Wildman–Crippen LogP) is 1.47. The van der Waals surface area contributed by atoms with E-state index in [-0.39, 0.29) is 5.69 Å². The van der Waals surface area contributed by atoms with Crippen LogP contribution in [0.2, 0.25) is 0 Å². The van der Waals surface area contributed by atoms with Crippen LogP contribution in [0.5, 0.6) is 0 Å². The van der Waals surface area contributed by atoms with Crippen molar-refractivity contribution < 1.29 is 14.8 Å². The number of carboxylic acid groups (broad SMARTS) is 1. The molecule has 2 N–H and O–H groups in total. The number of nitro groups is 1. The van der Waals surface area contributed by atoms with Crippen molar-refractivity contribution in [1.29, 1.82) is 0 Å². The van der Waals surface area contributed by atoms with Crippen LogP contribution < -0.4 is 5.32 Å². The lowest BCUT2D eigenvalue weighted by molar-refractivity contribution is -0.385. The largest absolute Gasteiger partial charge is 0.480 e. The predicted molar refractivity (Wildman–Crippen MR) is 61.8 cm³/mol. The van der Waals surface area contributed by atoms with Gasteiger partial charge in [0.1, 0.15) is 6.04 Å². The van der Waals surface area contributed by atoms with Gasteiger partial charge in [-0.05, 0) is 19.4 Å². The number of benzene rings is 1. The van der Waals surface area contributed by atoms with Crippen molar-refractivity contribution in [1.82, 2.24) is 5.32 Å². The molecular weight excluding hydrogens is 224 g/mol. The number of nitrogens with one attached hydrogen (secondary N) is 1. The van der Waals surface area contributed by atoms with Gasteiger partial charge in [0, 0.05) is 18.2 Å². The summed E-state index contributed by atoms with van der Waals surface area (Å²) in [5.41, 5.74) is 1.34. The molecule has 0 saturated carbocycles. The van der Waals surface area contributed by atoms with Crippen LogP contribution in [-0.4, -0.2) is 22.0 Å². The van der Waals surface area contributed by atoms with Crippen LogP contribution in [0.4, 0.5) is 5.69 Å². The molecule has 0 aliphatic rings. The maximum absolute atomic E-state index is 10.7. The van der Waals surface area contributed by atoms with Crippen LogP contribution in [0, 0.1) is 17.0 Å². The number of hydrogen-bond donors (Lipinski definition) is 2. The Morgan fingerprint density at radius 1 is 1.59 bits per heavy atom. The summed E-state index contributed by atoms with van der Waals surface area (Å²) >= 11 is 0. The van der Waals surface area contributed by atoms with E-state index in [2.05, 4.69) is 5.32 Å². The van der Waals surface area contributed by atoms with Gasteiger partial charge in [-0.3, -0.25) is 14.9 Å². The fourth-order valence-electron chi connectivity index (χ4n) is 1.41. The topological polar surface area (TPSA) is 92.5 Å². The maximum atomic E-state index is 10.7. The van der Waals surface area contributed by atoms with Crippen molar-refractivity contribution in [3.8, 4) is 0 Å². The second kappa shape index (κ2) is 5.40.